The van der Waals surface area contributed by atoms with Gasteiger partial charge in [0.05, 0.1) is 12.1 Å². The number of benzene rings is 4. The Labute approximate surface area is 254 Å². The van der Waals surface area contributed by atoms with Crippen LogP contribution in [-0.4, -0.2) is 40.5 Å². The van der Waals surface area contributed by atoms with Gasteiger partial charge in [-0.3, -0.25) is 19.3 Å². The van der Waals surface area contributed by atoms with E-state index in [0.717, 1.165) is 11.1 Å². The maximum Gasteiger partial charge on any atom is 0.325 e. The Morgan fingerprint density at radius 3 is 2.18 bits per heavy atom. The molecule has 4 aromatic carbocycles. The molecule has 0 aliphatic carbocycles. The van der Waals surface area contributed by atoms with E-state index in [2.05, 4.69) is 11.9 Å². The predicted molar refractivity (Wildman–Crippen MR) is 162 cm³/mol. The van der Waals surface area contributed by atoms with Crippen LogP contribution in [0.4, 0.5) is 5.69 Å². The van der Waals surface area contributed by atoms with Crippen molar-refractivity contribution in [3.8, 4) is 5.75 Å². The lowest BCUT2D eigenvalue weighted by Crippen LogP contribution is -2.52. The Kier molecular flexibility index (Phi) is 6.78. The highest BCUT2D eigenvalue weighted by Crippen LogP contribution is 2.64. The number of ether oxygens (including phenoxy) is 2. The number of nitrogens with zero attached hydrogens (tertiary/aromatic N) is 1. The Hall–Kier alpha value is -5.21. The van der Waals surface area contributed by atoms with Gasteiger partial charge in [0.2, 0.25) is 5.91 Å². The van der Waals surface area contributed by atoms with Crippen LogP contribution in [0.5, 0.6) is 5.75 Å². The number of carbonyl (C=O) groups is 3. The molecule has 7 rings (SSSR count). The average Bonchev–Trinajstić information content (AvgIpc) is 3.53. The topological polar surface area (TPSA) is 105 Å². The van der Waals surface area contributed by atoms with E-state index in [-0.39, 0.29) is 12.4 Å². The van der Waals surface area contributed by atoms with Crippen molar-refractivity contribution in [1.29, 1.82) is 0 Å². The molecule has 3 aliphatic rings. The number of anilines is 1. The molecule has 0 bridgehead atoms. The van der Waals surface area contributed by atoms with Gasteiger partial charge in [-0.25, -0.2) is 0 Å². The smallest absolute Gasteiger partial charge is 0.325 e. The van der Waals surface area contributed by atoms with Crippen molar-refractivity contribution in [2.45, 2.75) is 29.6 Å². The van der Waals surface area contributed by atoms with Crippen molar-refractivity contribution < 1.29 is 29.0 Å². The van der Waals surface area contributed by atoms with E-state index in [9.17, 15) is 19.5 Å². The minimum atomic E-state index is -1.58. The zero-order valence-electron chi connectivity index (χ0n) is 23.7. The quantitative estimate of drug-likeness (QED) is 0.231. The Morgan fingerprint density at radius 1 is 0.864 bits per heavy atom. The maximum atomic E-state index is 14.6. The van der Waals surface area contributed by atoms with Crippen LogP contribution in [0.15, 0.2) is 122 Å². The van der Waals surface area contributed by atoms with Gasteiger partial charge in [0.15, 0.2) is 0 Å². The first-order chi connectivity index (χ1) is 21.5. The minimum Gasteiger partial charge on any atom is -0.508 e. The fourth-order valence-corrected chi connectivity index (χ4v) is 7.40. The number of morpholine rings is 1. The summed E-state index contributed by atoms with van der Waals surface area (Å²) >= 11 is 0. The van der Waals surface area contributed by atoms with Crippen molar-refractivity contribution >= 4 is 23.5 Å². The van der Waals surface area contributed by atoms with Crippen LogP contribution in [0.2, 0.25) is 0 Å². The number of rotatable bonds is 6. The van der Waals surface area contributed by atoms with Gasteiger partial charge in [-0.1, -0.05) is 104 Å². The van der Waals surface area contributed by atoms with Gasteiger partial charge in [0, 0.05) is 5.69 Å². The molecule has 6 unspecified atom stereocenters. The SMILES string of the molecule is C=CCOC(=O)C1C2C(=O)OC(c3ccccc3)C(c3ccccc3)N2C(c2ccc(O)cc2)C12C(=O)Nc1ccccc12. The molecule has 220 valence electrons. The van der Waals surface area contributed by atoms with Crippen LogP contribution in [0.25, 0.3) is 0 Å². The molecule has 0 saturated carbocycles. The standard InChI is InChI=1S/C36H30N2O6/c1-2-21-43-33(40)28-30-34(41)44-31(23-13-7-4-8-14-23)29(22-11-5-3-6-12-22)38(30)32(24-17-19-25(39)20-18-24)36(28)26-15-9-10-16-27(26)37-35(36)42/h2-20,28-32,39H,1,21H2,(H,37,42). The third kappa shape index (κ3) is 4.06. The summed E-state index contributed by atoms with van der Waals surface area (Å²) in [5, 5.41) is 13.3. The molecule has 6 atom stereocenters. The summed E-state index contributed by atoms with van der Waals surface area (Å²) in [6, 6.07) is 30.4. The second-order valence-corrected chi connectivity index (χ2v) is 11.3. The van der Waals surface area contributed by atoms with Gasteiger partial charge in [0.1, 0.15) is 35.8 Å². The molecular weight excluding hydrogens is 556 g/mol. The number of nitrogens with one attached hydrogen (secondary N) is 1. The average molecular weight is 587 g/mol. The van der Waals surface area contributed by atoms with Gasteiger partial charge < -0.3 is 19.9 Å². The first-order valence-corrected chi connectivity index (χ1v) is 14.5. The summed E-state index contributed by atoms with van der Waals surface area (Å²) in [4.78, 5) is 45.1. The molecule has 2 saturated heterocycles. The molecule has 1 spiro atoms. The summed E-state index contributed by atoms with van der Waals surface area (Å²) < 4.78 is 12.0. The Bertz CT molecular complexity index is 1740. The highest BCUT2D eigenvalue weighted by Gasteiger charge is 2.74. The van der Waals surface area contributed by atoms with Crippen LogP contribution in [0.3, 0.4) is 0 Å². The summed E-state index contributed by atoms with van der Waals surface area (Å²) in [7, 11) is 0. The van der Waals surface area contributed by atoms with Crippen molar-refractivity contribution in [3.63, 3.8) is 0 Å². The highest BCUT2D eigenvalue weighted by molar-refractivity contribution is 6.11. The van der Waals surface area contributed by atoms with Crippen LogP contribution < -0.4 is 5.32 Å². The van der Waals surface area contributed by atoms with E-state index in [1.54, 1.807) is 30.3 Å². The number of aromatic hydroxyl groups is 1. The third-order valence-electron chi connectivity index (χ3n) is 9.02. The number of hydrogen-bond donors (Lipinski definition) is 2. The predicted octanol–water partition coefficient (Wildman–Crippen LogP) is 5.39. The van der Waals surface area contributed by atoms with Crippen LogP contribution in [0.1, 0.15) is 40.4 Å². The van der Waals surface area contributed by atoms with Crippen molar-refractivity contribution in [2.24, 2.45) is 5.92 Å². The highest BCUT2D eigenvalue weighted by atomic mass is 16.6. The third-order valence-corrected chi connectivity index (χ3v) is 9.02. The minimum absolute atomic E-state index is 0.0513. The Balaban J connectivity index is 1.55. The van der Waals surface area contributed by atoms with Crippen LogP contribution in [0, 0.1) is 5.92 Å². The first kappa shape index (κ1) is 27.6. The number of fused-ring (bicyclic) bond motifs is 3. The molecule has 3 heterocycles. The summed E-state index contributed by atoms with van der Waals surface area (Å²) in [5.41, 5.74) is 1.86. The summed E-state index contributed by atoms with van der Waals surface area (Å²) in [5.74, 6) is -2.95. The van der Waals surface area contributed by atoms with Crippen molar-refractivity contribution in [1.82, 2.24) is 4.90 Å². The molecule has 3 aliphatic heterocycles. The molecule has 44 heavy (non-hydrogen) atoms. The van der Waals surface area contributed by atoms with Gasteiger partial charge in [0.25, 0.3) is 0 Å². The Morgan fingerprint density at radius 2 is 1.50 bits per heavy atom. The lowest BCUT2D eigenvalue weighted by molar-refractivity contribution is -0.180. The molecule has 0 aromatic heterocycles. The maximum absolute atomic E-state index is 14.6. The summed E-state index contributed by atoms with van der Waals surface area (Å²) in [6.45, 7) is 3.59. The number of hydrogen-bond acceptors (Lipinski definition) is 7. The van der Waals surface area contributed by atoms with Crippen LogP contribution in [-0.2, 0) is 29.3 Å². The monoisotopic (exact) mass is 586 g/mol. The van der Waals surface area contributed by atoms with Crippen molar-refractivity contribution in [3.05, 3.63) is 144 Å². The fourth-order valence-electron chi connectivity index (χ4n) is 7.40. The van der Waals surface area contributed by atoms with E-state index >= 15 is 0 Å². The molecular formula is C36H30N2O6. The molecule has 0 radical (unpaired) electrons. The molecule has 1 amide bonds. The van der Waals surface area contributed by atoms with Gasteiger partial charge in [-0.2, -0.15) is 0 Å². The molecule has 2 fully saturated rings. The molecule has 8 nitrogen and oxygen atoms in total. The lowest BCUT2D eigenvalue weighted by Gasteiger charge is -2.46. The molecule has 4 aromatic rings. The van der Waals surface area contributed by atoms with E-state index in [1.807, 2.05) is 83.8 Å². The number of cyclic esters (lactones) is 1. The van der Waals surface area contributed by atoms with Gasteiger partial charge >= 0.3 is 11.9 Å². The van der Waals surface area contributed by atoms with E-state index in [1.165, 1.54) is 6.08 Å². The van der Waals surface area contributed by atoms with Crippen LogP contribution >= 0.6 is 0 Å². The zero-order chi connectivity index (χ0) is 30.4. The number of amides is 1. The molecule has 2 N–H and O–H groups in total. The largest absolute Gasteiger partial charge is 0.508 e. The normalized spacial score (nSPS) is 27.2. The van der Waals surface area contributed by atoms with E-state index in [4.69, 9.17) is 9.47 Å². The van der Waals surface area contributed by atoms with Gasteiger partial charge in [-0.05, 0) is 40.5 Å². The zero-order valence-corrected chi connectivity index (χ0v) is 23.7. The number of esters is 2. The second kappa shape index (κ2) is 10.8. The van der Waals surface area contributed by atoms with E-state index < -0.39 is 53.4 Å². The number of para-hydroxylation sites is 1. The summed E-state index contributed by atoms with van der Waals surface area (Å²) in [6.07, 6.45) is 0.705. The fraction of sp³-hybridized carbons (Fsp3) is 0.194. The van der Waals surface area contributed by atoms with Gasteiger partial charge in [-0.15, -0.1) is 0 Å². The first-order valence-electron chi connectivity index (χ1n) is 14.5. The second-order valence-electron chi connectivity index (χ2n) is 11.3. The molecule has 8 heteroatoms. The number of carbonyl (C=O) groups excluding carboxylic acids is 3. The van der Waals surface area contributed by atoms with E-state index in [0.29, 0.717) is 16.8 Å². The number of phenolic OH excluding ortho intramolecular Hbond substituents is 1. The lowest BCUT2D eigenvalue weighted by atomic mass is 9.65. The van der Waals surface area contributed by atoms with Crippen molar-refractivity contribution in [2.75, 3.05) is 11.9 Å². The number of phenols is 1.